The molecule has 2 N–H and O–H groups in total. The lowest BCUT2D eigenvalue weighted by Gasteiger charge is -2.14. The number of amidine groups is 1. The number of nitro benzene ring substituents is 1. The molecule has 1 atom stereocenters. The van der Waals surface area contributed by atoms with Gasteiger partial charge in [-0.25, -0.2) is 4.90 Å². The standard InChI is InChI=1S/C22H23N5O4S/c1-2-3-12-18(15-8-5-4-6-9-15)24-25-22(23)32-19-14-20(28)26(21(19)29)16-10-7-11-17(13-16)27(30)31/h4-11,13,19H,2-3,12,14H2,1H3,(H2,23,25). The Hall–Kier alpha value is -3.53. The van der Waals surface area contributed by atoms with Crippen LogP contribution in [0.4, 0.5) is 11.4 Å². The Kier molecular flexibility index (Phi) is 7.72. The van der Waals surface area contributed by atoms with E-state index < -0.39 is 22.0 Å². The van der Waals surface area contributed by atoms with E-state index in [4.69, 9.17) is 5.73 Å². The first-order valence-electron chi connectivity index (χ1n) is 10.1. The smallest absolute Gasteiger partial charge is 0.271 e. The Morgan fingerprint density at radius 1 is 1.19 bits per heavy atom. The van der Waals surface area contributed by atoms with E-state index in [1.165, 1.54) is 24.3 Å². The van der Waals surface area contributed by atoms with Crippen molar-refractivity contribution >= 4 is 45.8 Å². The molecule has 2 amide bonds. The Balaban J connectivity index is 1.75. The van der Waals surface area contributed by atoms with Crippen LogP contribution < -0.4 is 10.6 Å². The average molecular weight is 454 g/mol. The fraction of sp³-hybridized carbons (Fsp3) is 0.273. The number of nitrogens with two attached hydrogens (primary N) is 1. The van der Waals surface area contributed by atoms with Crippen molar-refractivity contribution in [2.24, 2.45) is 15.9 Å². The molecule has 166 valence electrons. The van der Waals surface area contributed by atoms with Crippen LogP contribution in [0.3, 0.4) is 0 Å². The van der Waals surface area contributed by atoms with Crippen LogP contribution in [-0.2, 0) is 9.59 Å². The van der Waals surface area contributed by atoms with E-state index in [1.807, 2.05) is 30.3 Å². The molecule has 2 aromatic rings. The molecular weight excluding hydrogens is 430 g/mol. The highest BCUT2D eigenvalue weighted by Gasteiger charge is 2.41. The van der Waals surface area contributed by atoms with Crippen LogP contribution >= 0.6 is 11.8 Å². The molecule has 0 saturated carbocycles. The van der Waals surface area contributed by atoms with E-state index in [1.54, 1.807) is 0 Å². The van der Waals surface area contributed by atoms with Gasteiger partial charge in [0, 0.05) is 18.6 Å². The van der Waals surface area contributed by atoms with Crippen molar-refractivity contribution in [1.29, 1.82) is 0 Å². The van der Waals surface area contributed by atoms with E-state index in [-0.39, 0.29) is 23.0 Å². The number of anilines is 1. The van der Waals surface area contributed by atoms with Gasteiger partial charge in [0.2, 0.25) is 11.8 Å². The van der Waals surface area contributed by atoms with E-state index >= 15 is 0 Å². The second-order valence-corrected chi connectivity index (χ2v) is 8.33. The summed E-state index contributed by atoms with van der Waals surface area (Å²) >= 11 is 0.964. The summed E-state index contributed by atoms with van der Waals surface area (Å²) in [5.74, 6) is -0.936. The highest BCUT2D eigenvalue weighted by Crippen LogP contribution is 2.31. The topological polar surface area (TPSA) is 131 Å². The molecule has 1 aliphatic heterocycles. The van der Waals surface area contributed by atoms with Crippen molar-refractivity contribution in [3.05, 3.63) is 70.3 Å². The highest BCUT2D eigenvalue weighted by atomic mass is 32.2. The molecule has 9 nitrogen and oxygen atoms in total. The van der Waals surface area contributed by atoms with Gasteiger partial charge in [0.05, 0.1) is 16.3 Å². The molecule has 1 saturated heterocycles. The van der Waals surface area contributed by atoms with Gasteiger partial charge in [0.15, 0.2) is 5.17 Å². The predicted octanol–water partition coefficient (Wildman–Crippen LogP) is 3.87. The minimum absolute atomic E-state index is 0.0713. The second-order valence-electron chi connectivity index (χ2n) is 7.11. The lowest BCUT2D eigenvalue weighted by atomic mass is 10.1. The molecule has 10 heteroatoms. The summed E-state index contributed by atoms with van der Waals surface area (Å²) < 4.78 is 0. The summed E-state index contributed by atoms with van der Waals surface area (Å²) in [4.78, 5) is 36.6. The number of hydrogen-bond donors (Lipinski definition) is 1. The van der Waals surface area contributed by atoms with Crippen LogP contribution in [0.15, 0.2) is 64.8 Å². The minimum atomic E-state index is -0.767. The largest absolute Gasteiger partial charge is 0.377 e. The number of non-ortho nitro benzene ring substituents is 1. The summed E-state index contributed by atoms with van der Waals surface area (Å²) in [5.41, 5.74) is 7.71. The van der Waals surface area contributed by atoms with Crippen molar-refractivity contribution in [3.8, 4) is 0 Å². The van der Waals surface area contributed by atoms with Crippen molar-refractivity contribution in [2.45, 2.75) is 37.9 Å². The Labute approximate surface area is 189 Å². The van der Waals surface area contributed by atoms with Gasteiger partial charge in [-0.15, -0.1) is 5.10 Å². The molecule has 1 heterocycles. The number of unbranched alkanes of at least 4 members (excludes halogenated alkanes) is 1. The number of amides is 2. The van der Waals surface area contributed by atoms with Crippen LogP contribution in [0.2, 0.25) is 0 Å². The molecule has 0 radical (unpaired) electrons. The zero-order chi connectivity index (χ0) is 23.1. The lowest BCUT2D eigenvalue weighted by molar-refractivity contribution is -0.384. The molecule has 0 spiro atoms. The van der Waals surface area contributed by atoms with Crippen molar-refractivity contribution in [3.63, 3.8) is 0 Å². The number of imide groups is 1. The maximum absolute atomic E-state index is 12.8. The number of carbonyl (C=O) groups is 2. The van der Waals surface area contributed by atoms with Crippen LogP contribution in [0.5, 0.6) is 0 Å². The van der Waals surface area contributed by atoms with Gasteiger partial charge in [0.25, 0.3) is 5.69 Å². The quantitative estimate of drug-likeness (QED) is 0.212. The van der Waals surface area contributed by atoms with Crippen LogP contribution in [-0.4, -0.2) is 32.9 Å². The zero-order valence-electron chi connectivity index (χ0n) is 17.5. The first-order valence-corrected chi connectivity index (χ1v) is 11.0. The molecule has 1 fully saturated rings. The van der Waals surface area contributed by atoms with Crippen molar-refractivity contribution in [2.75, 3.05) is 4.90 Å². The predicted molar refractivity (Wildman–Crippen MR) is 126 cm³/mol. The summed E-state index contributed by atoms with van der Waals surface area (Å²) in [6.45, 7) is 2.09. The minimum Gasteiger partial charge on any atom is -0.377 e. The van der Waals surface area contributed by atoms with E-state index in [2.05, 4.69) is 17.1 Å². The molecule has 0 aromatic heterocycles. The molecule has 1 aliphatic rings. The first-order chi connectivity index (χ1) is 15.4. The molecule has 1 unspecified atom stereocenters. The van der Waals surface area contributed by atoms with Crippen LogP contribution in [0.25, 0.3) is 0 Å². The SMILES string of the molecule is CCCCC(=NN=C(N)SC1CC(=O)N(c2cccc([N+](=O)[O-])c2)C1=O)c1ccccc1. The molecule has 32 heavy (non-hydrogen) atoms. The third kappa shape index (κ3) is 5.58. The number of hydrogen-bond acceptors (Lipinski definition) is 7. The number of carbonyl (C=O) groups excluding carboxylic acids is 2. The monoisotopic (exact) mass is 453 g/mol. The third-order valence-electron chi connectivity index (χ3n) is 4.81. The summed E-state index contributed by atoms with van der Waals surface area (Å²) in [7, 11) is 0. The van der Waals surface area contributed by atoms with E-state index in [9.17, 15) is 19.7 Å². The Morgan fingerprint density at radius 3 is 2.62 bits per heavy atom. The Bertz CT molecular complexity index is 1070. The number of nitrogens with zero attached hydrogens (tertiary/aromatic N) is 4. The van der Waals surface area contributed by atoms with Gasteiger partial charge in [-0.05, 0) is 24.5 Å². The maximum Gasteiger partial charge on any atom is 0.271 e. The van der Waals surface area contributed by atoms with Crippen LogP contribution in [0.1, 0.15) is 38.2 Å². The first kappa shape index (κ1) is 23.1. The van der Waals surface area contributed by atoms with Crippen molar-refractivity contribution < 1.29 is 14.5 Å². The molecule has 3 rings (SSSR count). The molecule has 0 aliphatic carbocycles. The highest BCUT2D eigenvalue weighted by molar-refractivity contribution is 8.14. The summed E-state index contributed by atoms with van der Waals surface area (Å²) in [6, 6.07) is 15.1. The zero-order valence-corrected chi connectivity index (χ0v) is 18.3. The van der Waals surface area contributed by atoms with E-state index in [0.29, 0.717) is 0 Å². The van der Waals surface area contributed by atoms with Gasteiger partial charge in [-0.1, -0.05) is 61.5 Å². The van der Waals surface area contributed by atoms with Gasteiger partial charge < -0.3 is 5.73 Å². The molecular formula is C22H23N5O4S. The average Bonchev–Trinajstić information content (AvgIpc) is 3.07. The number of thioether (sulfide) groups is 1. The molecule has 2 aromatic carbocycles. The lowest BCUT2D eigenvalue weighted by Crippen LogP contribution is -2.31. The Morgan fingerprint density at radius 2 is 1.94 bits per heavy atom. The third-order valence-corrected chi connectivity index (χ3v) is 5.79. The maximum atomic E-state index is 12.8. The summed E-state index contributed by atoms with van der Waals surface area (Å²) in [5, 5.41) is 18.7. The fourth-order valence-corrected chi connectivity index (χ4v) is 4.03. The van der Waals surface area contributed by atoms with Gasteiger partial charge >= 0.3 is 0 Å². The number of rotatable bonds is 8. The van der Waals surface area contributed by atoms with Crippen molar-refractivity contribution in [1.82, 2.24) is 0 Å². The second kappa shape index (κ2) is 10.7. The molecule has 0 bridgehead atoms. The summed E-state index contributed by atoms with van der Waals surface area (Å²) in [6.07, 6.45) is 2.62. The van der Waals surface area contributed by atoms with E-state index in [0.717, 1.165) is 47.2 Å². The number of benzene rings is 2. The normalized spacial score (nSPS) is 17.2. The fourth-order valence-electron chi connectivity index (χ4n) is 3.22. The number of nitro groups is 1. The van der Waals surface area contributed by atoms with Gasteiger partial charge in [-0.2, -0.15) is 5.10 Å². The van der Waals surface area contributed by atoms with Gasteiger partial charge in [0.1, 0.15) is 5.25 Å². The van der Waals surface area contributed by atoms with Gasteiger partial charge in [-0.3, -0.25) is 19.7 Å². The van der Waals surface area contributed by atoms with Crippen LogP contribution in [0, 0.1) is 10.1 Å².